The van der Waals surface area contributed by atoms with Crippen molar-refractivity contribution in [1.29, 1.82) is 0 Å². The Kier molecular flexibility index (Phi) is 4.52. The number of aliphatic hydroxyl groups excluding tert-OH is 1. The number of hydrogen-bond acceptors (Lipinski definition) is 6. The van der Waals surface area contributed by atoms with Crippen molar-refractivity contribution < 1.29 is 5.11 Å². The van der Waals surface area contributed by atoms with E-state index >= 15 is 0 Å². The lowest BCUT2D eigenvalue weighted by atomic mass is 9.71. The zero-order chi connectivity index (χ0) is 16.4. The first kappa shape index (κ1) is 16.0. The lowest BCUT2D eigenvalue weighted by Crippen LogP contribution is -2.44. The summed E-state index contributed by atoms with van der Waals surface area (Å²) in [5.41, 5.74) is 0.228. The van der Waals surface area contributed by atoms with E-state index in [1.807, 2.05) is 17.4 Å². The van der Waals surface area contributed by atoms with Crippen molar-refractivity contribution in [2.75, 3.05) is 37.7 Å². The summed E-state index contributed by atoms with van der Waals surface area (Å²) in [5.74, 6) is 1.33. The van der Waals surface area contributed by atoms with Crippen LogP contribution >= 0.6 is 11.3 Å². The molecule has 0 saturated carbocycles. The van der Waals surface area contributed by atoms with Gasteiger partial charge in [0.05, 0.1) is 0 Å². The number of piperidine rings is 1. The molecular weight excluding hydrogens is 320 g/mol. The first-order chi connectivity index (χ1) is 11.8. The van der Waals surface area contributed by atoms with Gasteiger partial charge in [0, 0.05) is 43.2 Å². The van der Waals surface area contributed by atoms with Crippen LogP contribution in [0.25, 0.3) is 0 Å². The Morgan fingerprint density at radius 3 is 2.83 bits per heavy atom. The molecule has 24 heavy (non-hydrogen) atoms. The van der Waals surface area contributed by atoms with Crippen LogP contribution < -0.4 is 4.90 Å². The molecule has 0 radical (unpaired) electrons. The van der Waals surface area contributed by atoms with Crippen LogP contribution in [0, 0.1) is 11.3 Å². The molecule has 5 nitrogen and oxygen atoms in total. The summed E-state index contributed by atoms with van der Waals surface area (Å²) >= 11 is 1.84. The molecule has 2 aliphatic heterocycles. The van der Waals surface area contributed by atoms with Crippen LogP contribution in [0.5, 0.6) is 0 Å². The van der Waals surface area contributed by atoms with Crippen molar-refractivity contribution in [3.63, 3.8) is 0 Å². The normalized spacial score (nSPS) is 23.9. The Hall–Kier alpha value is -1.50. The van der Waals surface area contributed by atoms with E-state index in [2.05, 4.69) is 37.3 Å². The molecular formula is C18H24N4OS. The third kappa shape index (κ3) is 3.06. The fraction of sp³-hybridized carbons (Fsp3) is 0.556. The second-order valence-corrected chi connectivity index (χ2v) is 8.08. The minimum atomic E-state index is 0.228. The number of aliphatic hydroxyl groups is 1. The van der Waals surface area contributed by atoms with Crippen LogP contribution in [0.2, 0.25) is 0 Å². The van der Waals surface area contributed by atoms with Crippen LogP contribution in [0.1, 0.15) is 17.7 Å². The van der Waals surface area contributed by atoms with Crippen molar-refractivity contribution >= 4 is 17.2 Å². The van der Waals surface area contributed by atoms with Gasteiger partial charge in [0.25, 0.3) is 0 Å². The van der Waals surface area contributed by atoms with Crippen molar-refractivity contribution in [1.82, 2.24) is 14.9 Å². The summed E-state index contributed by atoms with van der Waals surface area (Å²) in [4.78, 5) is 14.7. The monoisotopic (exact) mass is 344 g/mol. The molecule has 0 bridgehead atoms. The Labute approximate surface area is 147 Å². The second kappa shape index (κ2) is 6.78. The molecule has 2 saturated heterocycles. The number of hydrogen-bond donors (Lipinski definition) is 1. The van der Waals surface area contributed by atoms with Gasteiger partial charge in [-0.15, -0.1) is 11.3 Å². The summed E-state index contributed by atoms with van der Waals surface area (Å²) in [6.07, 6.45) is 5.72. The number of rotatable bonds is 4. The lowest BCUT2D eigenvalue weighted by Gasteiger charge is -2.42. The van der Waals surface area contributed by atoms with E-state index in [9.17, 15) is 5.11 Å². The Balaban J connectivity index is 1.43. The average molecular weight is 344 g/mol. The molecule has 0 amide bonds. The molecule has 0 aromatic carbocycles. The van der Waals surface area contributed by atoms with Crippen LogP contribution in [-0.4, -0.2) is 52.8 Å². The van der Waals surface area contributed by atoms with E-state index in [0.717, 1.165) is 51.4 Å². The molecule has 2 aliphatic rings. The van der Waals surface area contributed by atoms with Crippen molar-refractivity contribution in [2.24, 2.45) is 11.3 Å². The molecule has 1 N–H and O–H groups in total. The minimum absolute atomic E-state index is 0.228. The lowest BCUT2D eigenvalue weighted by molar-refractivity contribution is 0.0510. The van der Waals surface area contributed by atoms with Crippen molar-refractivity contribution in [3.05, 3.63) is 41.0 Å². The highest BCUT2D eigenvalue weighted by molar-refractivity contribution is 7.09. The number of likely N-dealkylation sites (tertiary alicyclic amines) is 1. The van der Waals surface area contributed by atoms with Gasteiger partial charge in [0.1, 0.15) is 12.1 Å². The van der Waals surface area contributed by atoms with E-state index in [1.54, 1.807) is 12.5 Å². The smallest absolute Gasteiger partial charge is 0.131 e. The van der Waals surface area contributed by atoms with Crippen LogP contribution in [-0.2, 0) is 6.54 Å². The number of nitrogens with zero attached hydrogens (tertiary/aromatic N) is 4. The third-order valence-corrected chi connectivity index (χ3v) is 6.60. The van der Waals surface area contributed by atoms with Crippen molar-refractivity contribution in [2.45, 2.75) is 19.4 Å². The van der Waals surface area contributed by atoms with Crippen LogP contribution in [0.3, 0.4) is 0 Å². The molecule has 4 heterocycles. The van der Waals surface area contributed by atoms with Crippen LogP contribution in [0.15, 0.2) is 36.1 Å². The number of anilines is 1. The maximum Gasteiger partial charge on any atom is 0.131 e. The molecule has 0 aliphatic carbocycles. The summed E-state index contributed by atoms with van der Waals surface area (Å²) in [6, 6.07) is 6.32. The highest BCUT2D eigenvalue weighted by Gasteiger charge is 2.47. The summed E-state index contributed by atoms with van der Waals surface area (Å²) < 4.78 is 0. The van der Waals surface area contributed by atoms with Gasteiger partial charge in [0.15, 0.2) is 0 Å². The molecule has 2 aromatic heterocycles. The van der Waals surface area contributed by atoms with Crippen molar-refractivity contribution in [3.8, 4) is 0 Å². The standard InChI is InChI=1S/C18H24N4OS/c23-12-15-10-22(17-3-6-19-14-20-17)13-18(15)4-7-21(8-5-18)11-16-2-1-9-24-16/h1-3,6,9,14-15,23H,4-5,7-8,10-13H2. The number of thiophene rings is 1. The summed E-state index contributed by atoms with van der Waals surface area (Å²) in [7, 11) is 0. The fourth-order valence-corrected chi connectivity index (χ4v) is 5.02. The topological polar surface area (TPSA) is 52.5 Å². The van der Waals surface area contributed by atoms with Gasteiger partial charge in [-0.05, 0) is 48.9 Å². The molecule has 6 heteroatoms. The molecule has 4 rings (SSSR count). The Morgan fingerprint density at radius 2 is 2.17 bits per heavy atom. The molecule has 1 atom stereocenters. The van der Waals surface area contributed by atoms with Gasteiger partial charge in [-0.3, -0.25) is 4.90 Å². The predicted molar refractivity (Wildman–Crippen MR) is 96.1 cm³/mol. The predicted octanol–water partition coefficient (Wildman–Crippen LogP) is 2.25. The SMILES string of the molecule is OCC1CN(c2ccncn2)CC12CCN(Cc1cccs1)CC2. The fourth-order valence-electron chi connectivity index (χ4n) is 4.28. The molecule has 1 spiro atoms. The van der Waals surface area contributed by atoms with E-state index in [0.29, 0.717) is 5.92 Å². The van der Waals surface area contributed by atoms with Gasteiger partial charge in [-0.1, -0.05) is 6.07 Å². The van der Waals surface area contributed by atoms with E-state index in [-0.39, 0.29) is 12.0 Å². The van der Waals surface area contributed by atoms with Crippen LogP contribution in [0.4, 0.5) is 5.82 Å². The molecule has 1 unspecified atom stereocenters. The number of aromatic nitrogens is 2. The maximum absolute atomic E-state index is 9.95. The van der Waals surface area contributed by atoms with Gasteiger partial charge >= 0.3 is 0 Å². The van der Waals surface area contributed by atoms with Gasteiger partial charge < -0.3 is 10.0 Å². The maximum atomic E-state index is 9.95. The summed E-state index contributed by atoms with van der Waals surface area (Å²) in [5, 5.41) is 12.1. The first-order valence-corrected chi connectivity index (χ1v) is 9.54. The summed E-state index contributed by atoms with van der Waals surface area (Å²) in [6.45, 7) is 5.47. The minimum Gasteiger partial charge on any atom is -0.396 e. The van der Waals surface area contributed by atoms with Gasteiger partial charge in [-0.25, -0.2) is 9.97 Å². The highest BCUT2D eigenvalue weighted by Crippen LogP contribution is 2.45. The molecule has 2 fully saturated rings. The molecule has 128 valence electrons. The highest BCUT2D eigenvalue weighted by atomic mass is 32.1. The van der Waals surface area contributed by atoms with E-state index in [4.69, 9.17) is 0 Å². The second-order valence-electron chi connectivity index (χ2n) is 7.05. The Morgan fingerprint density at radius 1 is 1.29 bits per heavy atom. The quantitative estimate of drug-likeness (QED) is 0.922. The Bertz CT molecular complexity index is 640. The first-order valence-electron chi connectivity index (χ1n) is 8.66. The van der Waals surface area contributed by atoms with E-state index in [1.165, 1.54) is 4.88 Å². The average Bonchev–Trinajstić information content (AvgIpc) is 3.26. The third-order valence-electron chi connectivity index (χ3n) is 5.73. The largest absolute Gasteiger partial charge is 0.396 e. The molecule has 2 aromatic rings. The van der Waals surface area contributed by atoms with Gasteiger partial charge in [-0.2, -0.15) is 0 Å². The zero-order valence-electron chi connectivity index (χ0n) is 13.8. The van der Waals surface area contributed by atoms with E-state index < -0.39 is 0 Å². The van der Waals surface area contributed by atoms with Gasteiger partial charge in [0.2, 0.25) is 0 Å². The zero-order valence-corrected chi connectivity index (χ0v) is 14.7.